The molecule has 1 saturated carbocycles. The molecule has 1 aliphatic rings. The minimum absolute atomic E-state index is 0.0249. The lowest BCUT2D eigenvalue weighted by molar-refractivity contribution is 0.128. The average molecular weight is 253 g/mol. The zero-order chi connectivity index (χ0) is 13.0. The molecule has 2 rings (SSSR count). The molecule has 100 valence electrons. The molecule has 0 amide bonds. The topological polar surface area (TPSA) is 52.5 Å². The first-order valence-electron chi connectivity index (χ1n) is 6.44. The van der Waals surface area contributed by atoms with Gasteiger partial charge in [0, 0.05) is 30.7 Å². The van der Waals surface area contributed by atoms with Gasteiger partial charge in [-0.15, -0.1) is 0 Å². The van der Waals surface area contributed by atoms with Crippen LogP contribution in [0.5, 0.6) is 5.75 Å². The SMILES string of the molecule is OCC1(CNCc2cc(F)ccc2O)CCCC1. The van der Waals surface area contributed by atoms with Gasteiger partial charge in [-0.05, 0) is 31.0 Å². The first-order chi connectivity index (χ1) is 8.65. The van der Waals surface area contributed by atoms with E-state index in [1.807, 2.05) is 0 Å². The van der Waals surface area contributed by atoms with Gasteiger partial charge >= 0.3 is 0 Å². The van der Waals surface area contributed by atoms with Crippen LogP contribution in [0.1, 0.15) is 31.2 Å². The zero-order valence-corrected chi connectivity index (χ0v) is 10.5. The zero-order valence-electron chi connectivity index (χ0n) is 10.5. The van der Waals surface area contributed by atoms with Crippen LogP contribution in [0, 0.1) is 11.2 Å². The number of rotatable bonds is 5. The Morgan fingerprint density at radius 2 is 2.00 bits per heavy atom. The summed E-state index contributed by atoms with van der Waals surface area (Å²) in [6, 6.07) is 3.94. The van der Waals surface area contributed by atoms with E-state index in [2.05, 4.69) is 5.32 Å². The Kier molecular flexibility index (Phi) is 4.19. The molecule has 1 aromatic carbocycles. The van der Waals surface area contributed by atoms with Gasteiger partial charge < -0.3 is 15.5 Å². The van der Waals surface area contributed by atoms with Crippen LogP contribution in [0.3, 0.4) is 0 Å². The lowest BCUT2D eigenvalue weighted by Gasteiger charge is -2.26. The highest BCUT2D eigenvalue weighted by atomic mass is 19.1. The number of aliphatic hydroxyl groups is 1. The van der Waals surface area contributed by atoms with E-state index in [0.29, 0.717) is 18.7 Å². The van der Waals surface area contributed by atoms with Gasteiger partial charge in [-0.3, -0.25) is 0 Å². The Morgan fingerprint density at radius 1 is 1.28 bits per heavy atom. The number of phenols is 1. The highest BCUT2D eigenvalue weighted by molar-refractivity contribution is 5.32. The fraction of sp³-hybridized carbons (Fsp3) is 0.571. The van der Waals surface area contributed by atoms with Crippen LogP contribution in [0.15, 0.2) is 18.2 Å². The third-order valence-corrected chi connectivity index (χ3v) is 3.86. The summed E-state index contributed by atoms with van der Waals surface area (Å²) in [6.45, 7) is 1.32. The summed E-state index contributed by atoms with van der Waals surface area (Å²) >= 11 is 0. The first-order valence-corrected chi connectivity index (χ1v) is 6.44. The van der Waals surface area contributed by atoms with Crippen molar-refractivity contribution in [1.82, 2.24) is 5.32 Å². The largest absolute Gasteiger partial charge is 0.508 e. The summed E-state index contributed by atoms with van der Waals surface area (Å²) in [4.78, 5) is 0. The maximum Gasteiger partial charge on any atom is 0.123 e. The summed E-state index contributed by atoms with van der Waals surface area (Å²) in [5.41, 5.74) is 0.532. The Bertz CT molecular complexity index is 403. The summed E-state index contributed by atoms with van der Waals surface area (Å²) in [6.07, 6.45) is 4.39. The van der Waals surface area contributed by atoms with Crippen LogP contribution in [0.25, 0.3) is 0 Å². The third-order valence-electron chi connectivity index (χ3n) is 3.86. The van der Waals surface area contributed by atoms with Crippen LogP contribution < -0.4 is 5.32 Å². The van der Waals surface area contributed by atoms with E-state index in [0.717, 1.165) is 25.7 Å². The molecule has 0 unspecified atom stereocenters. The Morgan fingerprint density at radius 3 is 2.67 bits per heavy atom. The van der Waals surface area contributed by atoms with Gasteiger partial charge in [-0.2, -0.15) is 0 Å². The Hall–Kier alpha value is -1.13. The van der Waals surface area contributed by atoms with Crippen molar-refractivity contribution in [3.8, 4) is 5.75 Å². The number of aromatic hydroxyl groups is 1. The minimum Gasteiger partial charge on any atom is -0.508 e. The third kappa shape index (κ3) is 3.00. The van der Waals surface area contributed by atoms with Gasteiger partial charge in [-0.1, -0.05) is 12.8 Å². The first kappa shape index (κ1) is 13.3. The predicted molar refractivity (Wildman–Crippen MR) is 67.8 cm³/mol. The Labute approximate surface area is 107 Å². The van der Waals surface area contributed by atoms with E-state index < -0.39 is 0 Å². The van der Waals surface area contributed by atoms with Gasteiger partial charge in [0.2, 0.25) is 0 Å². The quantitative estimate of drug-likeness (QED) is 0.754. The molecule has 3 N–H and O–H groups in total. The fourth-order valence-corrected chi connectivity index (χ4v) is 2.67. The second-order valence-electron chi connectivity index (χ2n) is 5.24. The molecular weight excluding hydrogens is 233 g/mol. The molecule has 0 atom stereocenters. The summed E-state index contributed by atoms with van der Waals surface area (Å²) in [5, 5.41) is 22.3. The van der Waals surface area contributed by atoms with E-state index in [1.54, 1.807) is 0 Å². The predicted octanol–water partition coefficient (Wildman–Crippen LogP) is 2.17. The van der Waals surface area contributed by atoms with Crippen LogP contribution in [-0.2, 0) is 6.54 Å². The fourth-order valence-electron chi connectivity index (χ4n) is 2.67. The van der Waals surface area contributed by atoms with Crippen molar-refractivity contribution in [1.29, 1.82) is 0 Å². The molecule has 4 heteroatoms. The molecule has 1 fully saturated rings. The van der Waals surface area contributed by atoms with E-state index in [9.17, 15) is 14.6 Å². The van der Waals surface area contributed by atoms with Crippen LogP contribution in [0.2, 0.25) is 0 Å². The highest BCUT2D eigenvalue weighted by Crippen LogP contribution is 2.37. The molecule has 0 aliphatic heterocycles. The number of halogens is 1. The number of hydrogen-bond acceptors (Lipinski definition) is 3. The molecule has 0 heterocycles. The maximum atomic E-state index is 13.0. The maximum absolute atomic E-state index is 13.0. The summed E-state index contributed by atoms with van der Waals surface area (Å²) < 4.78 is 13.0. The van der Waals surface area contributed by atoms with E-state index >= 15 is 0 Å². The number of aliphatic hydroxyl groups excluding tert-OH is 1. The molecule has 0 spiro atoms. The Balaban J connectivity index is 1.89. The van der Waals surface area contributed by atoms with Gasteiger partial charge in [0.05, 0.1) is 0 Å². The van der Waals surface area contributed by atoms with E-state index in [-0.39, 0.29) is 23.6 Å². The van der Waals surface area contributed by atoms with Crippen molar-refractivity contribution in [2.24, 2.45) is 5.41 Å². The molecule has 1 aromatic rings. The molecule has 0 saturated heterocycles. The summed E-state index contributed by atoms with van der Waals surface area (Å²) in [5.74, 6) is -0.240. The lowest BCUT2D eigenvalue weighted by atomic mass is 9.87. The number of benzene rings is 1. The van der Waals surface area contributed by atoms with Crippen molar-refractivity contribution >= 4 is 0 Å². The smallest absolute Gasteiger partial charge is 0.123 e. The lowest BCUT2D eigenvalue weighted by Crippen LogP contribution is -2.34. The summed E-state index contributed by atoms with van der Waals surface area (Å²) in [7, 11) is 0. The monoisotopic (exact) mass is 253 g/mol. The molecule has 18 heavy (non-hydrogen) atoms. The van der Waals surface area contributed by atoms with Gasteiger partial charge in [0.1, 0.15) is 11.6 Å². The van der Waals surface area contributed by atoms with Crippen LogP contribution >= 0.6 is 0 Å². The van der Waals surface area contributed by atoms with E-state index in [4.69, 9.17) is 0 Å². The molecule has 0 aromatic heterocycles. The van der Waals surface area contributed by atoms with Gasteiger partial charge in [0.25, 0.3) is 0 Å². The van der Waals surface area contributed by atoms with Crippen molar-refractivity contribution < 1.29 is 14.6 Å². The van der Waals surface area contributed by atoms with Gasteiger partial charge in [0.15, 0.2) is 0 Å². The normalized spacial score (nSPS) is 18.1. The van der Waals surface area contributed by atoms with Crippen molar-refractivity contribution in [3.63, 3.8) is 0 Å². The van der Waals surface area contributed by atoms with Crippen molar-refractivity contribution in [2.45, 2.75) is 32.2 Å². The molecule has 0 radical (unpaired) electrons. The minimum atomic E-state index is -0.345. The second kappa shape index (κ2) is 5.67. The highest BCUT2D eigenvalue weighted by Gasteiger charge is 2.32. The number of nitrogens with one attached hydrogen (secondary N) is 1. The number of hydrogen-bond donors (Lipinski definition) is 3. The molecular formula is C14H20FNO2. The van der Waals surface area contributed by atoms with Gasteiger partial charge in [-0.25, -0.2) is 4.39 Å². The molecule has 0 bridgehead atoms. The van der Waals surface area contributed by atoms with Crippen molar-refractivity contribution in [3.05, 3.63) is 29.6 Å². The van der Waals surface area contributed by atoms with Crippen LogP contribution in [-0.4, -0.2) is 23.4 Å². The molecule has 3 nitrogen and oxygen atoms in total. The number of phenolic OH excluding ortho intramolecular Hbond substituents is 1. The second-order valence-corrected chi connectivity index (χ2v) is 5.24. The average Bonchev–Trinajstić information content (AvgIpc) is 2.83. The van der Waals surface area contributed by atoms with Crippen LogP contribution in [0.4, 0.5) is 4.39 Å². The van der Waals surface area contributed by atoms with Crippen molar-refractivity contribution in [2.75, 3.05) is 13.2 Å². The molecule has 1 aliphatic carbocycles. The van der Waals surface area contributed by atoms with E-state index in [1.165, 1.54) is 18.2 Å². The standard InChI is InChI=1S/C14H20FNO2/c15-12-3-4-13(18)11(7-12)8-16-9-14(10-17)5-1-2-6-14/h3-4,7,16-18H,1-2,5-6,8-10H2.